The molecule has 0 radical (unpaired) electrons. The molecule has 88 valence electrons. The summed E-state index contributed by atoms with van der Waals surface area (Å²) in [7, 11) is -3.35. The molecule has 0 aromatic heterocycles. The van der Waals surface area contributed by atoms with Crippen LogP contribution in [0.5, 0.6) is 0 Å². The average Bonchev–Trinajstić information content (AvgIpc) is 2.65. The lowest BCUT2D eigenvalue weighted by atomic mass is 10.1. The van der Waals surface area contributed by atoms with Gasteiger partial charge in [-0.2, -0.15) is 0 Å². The van der Waals surface area contributed by atoms with E-state index in [1.807, 2.05) is 0 Å². The first kappa shape index (κ1) is 11.6. The van der Waals surface area contributed by atoms with Crippen LogP contribution in [0.3, 0.4) is 0 Å². The van der Waals surface area contributed by atoms with Crippen LogP contribution < -0.4 is 0 Å². The van der Waals surface area contributed by atoms with Gasteiger partial charge >= 0.3 is 0 Å². The van der Waals surface area contributed by atoms with Gasteiger partial charge in [-0.25, -0.2) is 8.42 Å². The molecule has 1 aromatic carbocycles. The van der Waals surface area contributed by atoms with Gasteiger partial charge in [0.25, 0.3) is 0 Å². The van der Waals surface area contributed by atoms with Gasteiger partial charge in [0.15, 0.2) is 9.84 Å². The molecule has 0 heterocycles. The molecule has 0 bridgehead atoms. The molecule has 1 aliphatic rings. The number of hydrogen-bond donors (Lipinski definition) is 1. The van der Waals surface area contributed by atoms with Gasteiger partial charge in [-0.1, -0.05) is 31.0 Å². The van der Waals surface area contributed by atoms with Crippen molar-refractivity contribution in [3.63, 3.8) is 0 Å². The Morgan fingerprint density at radius 2 is 1.69 bits per heavy atom. The SMILES string of the molecule is O=S(=O)(CC1(O)CCCC1)c1ccccc1. The second kappa shape index (κ2) is 4.18. The summed E-state index contributed by atoms with van der Waals surface area (Å²) < 4.78 is 24.1. The van der Waals surface area contributed by atoms with Crippen molar-refractivity contribution in [3.05, 3.63) is 30.3 Å². The molecule has 0 aliphatic heterocycles. The molecule has 1 fully saturated rings. The van der Waals surface area contributed by atoms with E-state index in [-0.39, 0.29) is 5.75 Å². The molecule has 0 saturated heterocycles. The van der Waals surface area contributed by atoms with Crippen molar-refractivity contribution in [3.8, 4) is 0 Å². The summed E-state index contributed by atoms with van der Waals surface area (Å²) in [5.41, 5.74) is -1.01. The maximum atomic E-state index is 12.0. The molecule has 0 spiro atoms. The third-order valence-corrected chi connectivity index (χ3v) is 5.00. The highest BCUT2D eigenvalue weighted by atomic mass is 32.2. The number of rotatable bonds is 3. The van der Waals surface area contributed by atoms with Gasteiger partial charge in [0, 0.05) is 0 Å². The second-order valence-electron chi connectivity index (χ2n) is 4.50. The van der Waals surface area contributed by atoms with Crippen molar-refractivity contribution in [1.29, 1.82) is 0 Å². The Balaban J connectivity index is 2.21. The van der Waals surface area contributed by atoms with E-state index in [1.54, 1.807) is 30.3 Å². The fraction of sp³-hybridized carbons (Fsp3) is 0.500. The fourth-order valence-electron chi connectivity index (χ4n) is 2.24. The standard InChI is InChI=1S/C12H16O3S/c13-12(8-4-5-9-12)10-16(14,15)11-6-2-1-3-7-11/h1-3,6-7,13H,4-5,8-10H2. The Morgan fingerprint density at radius 1 is 1.12 bits per heavy atom. The van der Waals surface area contributed by atoms with E-state index in [9.17, 15) is 13.5 Å². The van der Waals surface area contributed by atoms with Gasteiger partial charge < -0.3 is 5.11 Å². The quantitative estimate of drug-likeness (QED) is 0.876. The van der Waals surface area contributed by atoms with E-state index in [0.29, 0.717) is 17.7 Å². The van der Waals surface area contributed by atoms with Gasteiger partial charge in [-0.3, -0.25) is 0 Å². The Hall–Kier alpha value is -0.870. The Labute approximate surface area is 96.0 Å². The van der Waals surface area contributed by atoms with Crippen LogP contribution in [0.25, 0.3) is 0 Å². The summed E-state index contributed by atoms with van der Waals surface area (Å²) in [4.78, 5) is 0.301. The normalized spacial score (nSPS) is 19.8. The summed E-state index contributed by atoms with van der Waals surface area (Å²) in [6.07, 6.45) is 3.03. The molecule has 1 aromatic rings. The van der Waals surface area contributed by atoms with Crippen LogP contribution in [0, 0.1) is 0 Å². The molecule has 1 aliphatic carbocycles. The highest BCUT2D eigenvalue weighted by Crippen LogP contribution is 2.32. The first-order chi connectivity index (χ1) is 7.52. The van der Waals surface area contributed by atoms with E-state index < -0.39 is 15.4 Å². The lowest BCUT2D eigenvalue weighted by Gasteiger charge is -2.21. The van der Waals surface area contributed by atoms with Crippen LogP contribution >= 0.6 is 0 Å². The molecule has 16 heavy (non-hydrogen) atoms. The minimum Gasteiger partial charge on any atom is -0.389 e. The van der Waals surface area contributed by atoms with E-state index in [1.165, 1.54) is 0 Å². The first-order valence-corrected chi connectivity index (χ1v) is 7.17. The molecular formula is C12H16O3S. The molecule has 1 saturated carbocycles. The minimum atomic E-state index is -3.35. The first-order valence-electron chi connectivity index (χ1n) is 5.52. The monoisotopic (exact) mass is 240 g/mol. The minimum absolute atomic E-state index is 0.149. The predicted octanol–water partition coefficient (Wildman–Crippen LogP) is 1.77. The zero-order valence-corrected chi connectivity index (χ0v) is 9.91. The Bertz CT molecular complexity index is 444. The summed E-state index contributed by atoms with van der Waals surface area (Å²) in [5.74, 6) is -0.149. The molecule has 0 amide bonds. The molecular weight excluding hydrogens is 224 g/mol. The lowest BCUT2D eigenvalue weighted by molar-refractivity contribution is 0.0714. The smallest absolute Gasteiger partial charge is 0.181 e. The molecule has 4 heteroatoms. The van der Waals surface area contributed by atoms with Crippen LogP contribution in [0.4, 0.5) is 0 Å². The average molecular weight is 240 g/mol. The van der Waals surface area contributed by atoms with Crippen molar-refractivity contribution in [2.24, 2.45) is 0 Å². The Kier molecular flexibility index (Phi) is 3.04. The summed E-state index contributed by atoms with van der Waals surface area (Å²) >= 11 is 0. The highest BCUT2D eigenvalue weighted by molar-refractivity contribution is 7.91. The van der Waals surface area contributed by atoms with Crippen molar-refractivity contribution in [2.75, 3.05) is 5.75 Å². The third kappa shape index (κ3) is 2.44. The molecule has 2 rings (SSSR count). The van der Waals surface area contributed by atoms with Gasteiger partial charge in [-0.15, -0.1) is 0 Å². The number of sulfone groups is 1. The van der Waals surface area contributed by atoms with E-state index in [4.69, 9.17) is 0 Å². The van der Waals surface area contributed by atoms with Crippen molar-refractivity contribution >= 4 is 9.84 Å². The zero-order chi connectivity index (χ0) is 11.6. The van der Waals surface area contributed by atoms with E-state index in [2.05, 4.69) is 0 Å². The maximum Gasteiger partial charge on any atom is 0.181 e. The van der Waals surface area contributed by atoms with Gasteiger partial charge in [0.2, 0.25) is 0 Å². The molecule has 1 N–H and O–H groups in total. The van der Waals surface area contributed by atoms with Gasteiger partial charge in [-0.05, 0) is 25.0 Å². The van der Waals surface area contributed by atoms with Crippen molar-refractivity contribution < 1.29 is 13.5 Å². The van der Waals surface area contributed by atoms with Crippen LogP contribution in [0.15, 0.2) is 35.2 Å². The summed E-state index contributed by atoms with van der Waals surface area (Å²) in [6, 6.07) is 8.34. The topological polar surface area (TPSA) is 54.4 Å². The Morgan fingerprint density at radius 3 is 2.25 bits per heavy atom. The highest BCUT2D eigenvalue weighted by Gasteiger charge is 2.36. The van der Waals surface area contributed by atoms with Crippen LogP contribution in [0.2, 0.25) is 0 Å². The zero-order valence-electron chi connectivity index (χ0n) is 9.09. The number of aliphatic hydroxyl groups is 1. The van der Waals surface area contributed by atoms with Crippen molar-refractivity contribution in [2.45, 2.75) is 36.2 Å². The number of hydrogen-bond acceptors (Lipinski definition) is 3. The molecule has 3 nitrogen and oxygen atoms in total. The summed E-state index contributed by atoms with van der Waals surface area (Å²) in [6.45, 7) is 0. The fourth-order valence-corrected chi connectivity index (χ4v) is 3.98. The van der Waals surface area contributed by atoms with Crippen LogP contribution in [-0.4, -0.2) is 24.9 Å². The van der Waals surface area contributed by atoms with Crippen LogP contribution in [0.1, 0.15) is 25.7 Å². The maximum absolute atomic E-state index is 12.0. The van der Waals surface area contributed by atoms with Crippen molar-refractivity contribution in [1.82, 2.24) is 0 Å². The van der Waals surface area contributed by atoms with E-state index >= 15 is 0 Å². The van der Waals surface area contributed by atoms with Crippen LogP contribution in [-0.2, 0) is 9.84 Å². The number of benzene rings is 1. The lowest BCUT2D eigenvalue weighted by Crippen LogP contribution is -2.33. The largest absolute Gasteiger partial charge is 0.389 e. The molecule has 0 atom stereocenters. The predicted molar refractivity (Wildman–Crippen MR) is 61.9 cm³/mol. The summed E-state index contributed by atoms with van der Waals surface area (Å²) in [5, 5.41) is 10.1. The van der Waals surface area contributed by atoms with E-state index in [0.717, 1.165) is 12.8 Å². The third-order valence-electron chi connectivity index (χ3n) is 3.10. The second-order valence-corrected chi connectivity index (χ2v) is 6.49. The van der Waals surface area contributed by atoms with Gasteiger partial charge in [0.1, 0.15) is 0 Å². The van der Waals surface area contributed by atoms with Gasteiger partial charge in [0.05, 0.1) is 16.2 Å². The molecule has 0 unspecified atom stereocenters.